The fourth-order valence-electron chi connectivity index (χ4n) is 3.75. The Kier molecular flexibility index (Phi) is 5.55. The Bertz CT molecular complexity index is 1030. The van der Waals surface area contributed by atoms with Gasteiger partial charge < -0.3 is 14.8 Å². The van der Waals surface area contributed by atoms with Gasteiger partial charge >= 0.3 is 0 Å². The number of hydrogen-bond donors (Lipinski definition) is 2. The normalized spacial score (nSPS) is 14.6. The number of pyridine rings is 1. The fourth-order valence-corrected chi connectivity index (χ4v) is 3.75. The van der Waals surface area contributed by atoms with Crippen LogP contribution in [0.1, 0.15) is 32.1 Å². The van der Waals surface area contributed by atoms with Gasteiger partial charge in [0.15, 0.2) is 23.0 Å². The standard InChI is InChI=1S/C22H25N5O2/c1-28-18-11-8-15(12-19(18)29-2)16-9-10-17-22(25-16)27-20(13-24-17)26-21(23)14-6-4-3-5-7-14/h8-14H,3-7H2,1-2H3,(H2,23,25,26,27). The summed E-state index contributed by atoms with van der Waals surface area (Å²) < 4.78 is 10.7. The third-order valence-corrected chi connectivity index (χ3v) is 5.36. The Hall–Kier alpha value is -3.22. The van der Waals surface area contributed by atoms with Gasteiger partial charge in [0, 0.05) is 11.5 Å². The lowest BCUT2D eigenvalue weighted by Gasteiger charge is -2.22. The van der Waals surface area contributed by atoms with Crippen molar-refractivity contribution in [3.8, 4) is 22.8 Å². The van der Waals surface area contributed by atoms with Gasteiger partial charge in [-0.05, 0) is 43.2 Å². The number of methoxy groups -OCH3 is 2. The number of nitrogens with zero attached hydrogens (tertiary/aromatic N) is 3. The number of amidine groups is 1. The van der Waals surface area contributed by atoms with Crippen LogP contribution < -0.4 is 14.8 Å². The van der Waals surface area contributed by atoms with Crippen molar-refractivity contribution in [1.82, 2.24) is 15.0 Å². The maximum atomic E-state index is 8.36. The zero-order valence-corrected chi connectivity index (χ0v) is 16.7. The molecule has 0 bridgehead atoms. The molecule has 0 spiro atoms. The quantitative estimate of drug-likeness (QED) is 0.485. The number of hydrogen-bond acceptors (Lipinski definition) is 6. The van der Waals surface area contributed by atoms with E-state index in [0.717, 1.165) is 24.1 Å². The van der Waals surface area contributed by atoms with Gasteiger partial charge in [-0.25, -0.2) is 15.0 Å². The maximum Gasteiger partial charge on any atom is 0.180 e. The molecule has 29 heavy (non-hydrogen) atoms. The minimum Gasteiger partial charge on any atom is -0.493 e. The van der Waals surface area contributed by atoms with Crippen LogP contribution in [-0.4, -0.2) is 35.0 Å². The van der Waals surface area contributed by atoms with Crippen molar-refractivity contribution in [1.29, 1.82) is 5.41 Å². The molecule has 2 N–H and O–H groups in total. The summed E-state index contributed by atoms with van der Waals surface area (Å²) in [6.07, 6.45) is 7.44. The predicted octanol–water partition coefficient (Wildman–Crippen LogP) is 4.68. The van der Waals surface area contributed by atoms with Crippen molar-refractivity contribution < 1.29 is 9.47 Å². The molecular weight excluding hydrogens is 366 g/mol. The number of aromatic nitrogens is 3. The van der Waals surface area contributed by atoms with Crippen LogP contribution in [0.25, 0.3) is 22.4 Å². The number of rotatable bonds is 5. The van der Waals surface area contributed by atoms with E-state index < -0.39 is 0 Å². The lowest BCUT2D eigenvalue weighted by Crippen LogP contribution is -2.24. The summed E-state index contributed by atoms with van der Waals surface area (Å²) in [4.78, 5) is 13.7. The first kappa shape index (κ1) is 19.1. The summed E-state index contributed by atoms with van der Waals surface area (Å²) in [6, 6.07) is 9.49. The Morgan fingerprint density at radius 2 is 1.79 bits per heavy atom. The minimum atomic E-state index is 0.285. The highest BCUT2D eigenvalue weighted by Crippen LogP contribution is 2.32. The second-order valence-electron chi connectivity index (χ2n) is 7.24. The van der Waals surface area contributed by atoms with Crippen molar-refractivity contribution in [3.63, 3.8) is 0 Å². The summed E-state index contributed by atoms with van der Waals surface area (Å²) in [6.45, 7) is 0. The average Bonchev–Trinajstić information content (AvgIpc) is 2.78. The molecular formula is C22H25N5O2. The van der Waals surface area contributed by atoms with Crippen LogP contribution in [0.5, 0.6) is 11.5 Å². The van der Waals surface area contributed by atoms with Gasteiger partial charge in [0.1, 0.15) is 11.4 Å². The first-order valence-corrected chi connectivity index (χ1v) is 9.89. The van der Waals surface area contributed by atoms with Gasteiger partial charge in [0.25, 0.3) is 0 Å². The van der Waals surface area contributed by atoms with Gasteiger partial charge in [-0.3, -0.25) is 5.41 Å². The highest BCUT2D eigenvalue weighted by atomic mass is 16.5. The monoisotopic (exact) mass is 391 g/mol. The highest BCUT2D eigenvalue weighted by Gasteiger charge is 2.18. The molecule has 1 saturated carbocycles. The van der Waals surface area contributed by atoms with E-state index in [1.807, 2.05) is 30.3 Å². The molecule has 2 aromatic heterocycles. The Labute approximate surface area is 170 Å². The van der Waals surface area contributed by atoms with Crippen LogP contribution in [0.2, 0.25) is 0 Å². The van der Waals surface area contributed by atoms with Crippen LogP contribution in [0.15, 0.2) is 36.5 Å². The van der Waals surface area contributed by atoms with E-state index in [1.54, 1.807) is 20.4 Å². The molecule has 7 nitrogen and oxygen atoms in total. The Morgan fingerprint density at radius 3 is 2.55 bits per heavy atom. The molecule has 150 valence electrons. The van der Waals surface area contributed by atoms with Crippen molar-refractivity contribution >= 4 is 22.8 Å². The lowest BCUT2D eigenvalue weighted by molar-refractivity contribution is 0.355. The summed E-state index contributed by atoms with van der Waals surface area (Å²) >= 11 is 0. The molecule has 7 heteroatoms. The fraction of sp³-hybridized carbons (Fsp3) is 0.364. The third-order valence-electron chi connectivity index (χ3n) is 5.36. The van der Waals surface area contributed by atoms with Crippen molar-refractivity contribution in [3.05, 3.63) is 36.5 Å². The zero-order valence-electron chi connectivity index (χ0n) is 16.7. The zero-order chi connectivity index (χ0) is 20.2. The molecule has 0 radical (unpaired) electrons. The second-order valence-corrected chi connectivity index (χ2v) is 7.24. The molecule has 1 aromatic carbocycles. The maximum absolute atomic E-state index is 8.36. The lowest BCUT2D eigenvalue weighted by atomic mass is 9.88. The number of nitrogens with one attached hydrogen (secondary N) is 2. The van der Waals surface area contributed by atoms with E-state index in [0.29, 0.717) is 34.3 Å². The first-order chi connectivity index (χ1) is 14.2. The van der Waals surface area contributed by atoms with Gasteiger partial charge in [-0.1, -0.05) is 19.3 Å². The third kappa shape index (κ3) is 4.13. The van der Waals surface area contributed by atoms with E-state index in [-0.39, 0.29) is 5.92 Å². The van der Waals surface area contributed by atoms with Gasteiger partial charge in [-0.2, -0.15) is 0 Å². The molecule has 0 amide bonds. The average molecular weight is 391 g/mol. The highest BCUT2D eigenvalue weighted by molar-refractivity contribution is 5.94. The van der Waals surface area contributed by atoms with Crippen LogP contribution in [-0.2, 0) is 0 Å². The van der Waals surface area contributed by atoms with Crippen molar-refractivity contribution in [2.24, 2.45) is 5.92 Å². The smallest absolute Gasteiger partial charge is 0.180 e. The van der Waals surface area contributed by atoms with Crippen molar-refractivity contribution in [2.75, 3.05) is 19.5 Å². The van der Waals surface area contributed by atoms with E-state index in [4.69, 9.17) is 14.9 Å². The molecule has 1 fully saturated rings. The van der Waals surface area contributed by atoms with E-state index in [1.165, 1.54) is 19.3 Å². The molecule has 2 heterocycles. The van der Waals surface area contributed by atoms with Crippen LogP contribution in [0.4, 0.5) is 5.82 Å². The van der Waals surface area contributed by atoms with E-state index >= 15 is 0 Å². The van der Waals surface area contributed by atoms with Crippen molar-refractivity contribution in [2.45, 2.75) is 32.1 Å². The molecule has 3 aromatic rings. The summed E-state index contributed by atoms with van der Waals surface area (Å²) in [7, 11) is 3.22. The number of benzene rings is 1. The number of fused-ring (bicyclic) bond motifs is 1. The number of anilines is 1. The topological polar surface area (TPSA) is 93.0 Å². The van der Waals surface area contributed by atoms with Crippen LogP contribution in [0, 0.1) is 11.3 Å². The Morgan fingerprint density at radius 1 is 1.00 bits per heavy atom. The SMILES string of the molecule is COc1ccc(-c2ccc3ncc(NC(=N)C4CCCCC4)nc3n2)cc1OC. The van der Waals surface area contributed by atoms with Gasteiger partial charge in [0.05, 0.1) is 26.1 Å². The number of ether oxygens (including phenoxy) is 2. The summed E-state index contributed by atoms with van der Waals surface area (Å²) in [5.41, 5.74) is 2.93. The molecule has 0 atom stereocenters. The Balaban J connectivity index is 1.60. The molecule has 0 aliphatic heterocycles. The minimum absolute atomic E-state index is 0.285. The van der Waals surface area contributed by atoms with E-state index in [9.17, 15) is 0 Å². The molecule has 4 rings (SSSR count). The van der Waals surface area contributed by atoms with Gasteiger partial charge in [0.2, 0.25) is 0 Å². The summed E-state index contributed by atoms with van der Waals surface area (Å²) in [5, 5.41) is 11.5. The van der Waals surface area contributed by atoms with Gasteiger partial charge in [-0.15, -0.1) is 0 Å². The van der Waals surface area contributed by atoms with E-state index in [2.05, 4.69) is 20.3 Å². The molecule has 1 aliphatic rings. The molecule has 0 saturated heterocycles. The molecule has 0 unspecified atom stereocenters. The first-order valence-electron chi connectivity index (χ1n) is 9.89. The largest absolute Gasteiger partial charge is 0.493 e. The molecule has 1 aliphatic carbocycles. The second kappa shape index (κ2) is 8.43. The van der Waals surface area contributed by atoms with Crippen LogP contribution >= 0.6 is 0 Å². The predicted molar refractivity (Wildman–Crippen MR) is 114 cm³/mol. The summed E-state index contributed by atoms with van der Waals surface area (Å²) in [5.74, 6) is 2.69. The van der Waals surface area contributed by atoms with Crippen LogP contribution in [0.3, 0.4) is 0 Å².